The van der Waals surface area contributed by atoms with Crippen LogP contribution in [0.2, 0.25) is 0 Å². The maximum atomic E-state index is 13.4. The molecular weight excluding hydrogens is 540 g/mol. The molecule has 36 heavy (non-hydrogen) atoms. The van der Waals surface area contributed by atoms with Gasteiger partial charge in [-0.2, -0.15) is 0 Å². The van der Waals surface area contributed by atoms with E-state index in [2.05, 4.69) is 15.9 Å². The summed E-state index contributed by atoms with van der Waals surface area (Å²) in [7, 11) is 9.98. The third-order valence-electron chi connectivity index (χ3n) is 6.77. The van der Waals surface area contributed by atoms with E-state index >= 15 is 0 Å². The molecule has 1 fully saturated rings. The Labute approximate surface area is 216 Å². The molecule has 2 aliphatic heterocycles. The van der Waals surface area contributed by atoms with Gasteiger partial charge in [0.2, 0.25) is 5.75 Å². The van der Waals surface area contributed by atoms with Crippen molar-refractivity contribution in [2.45, 2.75) is 11.7 Å². The Bertz CT molecular complexity index is 1210. The minimum absolute atomic E-state index is 0.303. The summed E-state index contributed by atoms with van der Waals surface area (Å²) in [5.74, 6) is -1.57. The van der Waals surface area contributed by atoms with E-state index in [0.29, 0.717) is 49.9 Å². The van der Waals surface area contributed by atoms with Crippen LogP contribution in [0, 0.1) is 11.8 Å². The third kappa shape index (κ3) is 3.40. The number of hydrogen-bond donors (Lipinski definition) is 0. The Kier molecular flexibility index (Phi) is 6.98. The van der Waals surface area contributed by atoms with Gasteiger partial charge in [-0.05, 0) is 45.3 Å². The molecule has 4 atom stereocenters. The van der Waals surface area contributed by atoms with Crippen LogP contribution in [0.25, 0.3) is 0 Å². The molecule has 0 aliphatic carbocycles. The monoisotopic (exact) mass is 566 g/mol. The van der Waals surface area contributed by atoms with E-state index in [0.717, 1.165) is 0 Å². The molecule has 2 heterocycles. The topological polar surface area (TPSA) is 108 Å². The fraction of sp³-hybridized carbons (Fsp3) is 0.440. The lowest BCUT2D eigenvalue weighted by atomic mass is 9.65. The average molecular weight is 567 g/mol. The van der Waals surface area contributed by atoms with Gasteiger partial charge in [0.05, 0.1) is 60.3 Å². The van der Waals surface area contributed by atoms with Crippen molar-refractivity contribution in [2.75, 3.05) is 49.8 Å². The second kappa shape index (κ2) is 9.70. The number of benzene rings is 2. The zero-order chi connectivity index (χ0) is 26.4. The summed E-state index contributed by atoms with van der Waals surface area (Å²) < 4.78 is 45.5. The van der Waals surface area contributed by atoms with Crippen LogP contribution in [0.15, 0.2) is 22.7 Å². The molecule has 2 aromatic rings. The van der Waals surface area contributed by atoms with Gasteiger partial charge in [0.1, 0.15) is 17.4 Å². The van der Waals surface area contributed by atoms with Gasteiger partial charge in [-0.15, -0.1) is 0 Å². The van der Waals surface area contributed by atoms with Crippen molar-refractivity contribution >= 4 is 27.9 Å². The fourth-order valence-electron chi connectivity index (χ4n) is 5.39. The van der Waals surface area contributed by atoms with Crippen LogP contribution < -0.4 is 23.7 Å². The standard InChI is InChI=1S/C25H27BrO10/c1-29-14-9-11(8-13(26)20(14)31-3)25-17-12(10-15(30-2)21(32-4)22(17)33-5)19(36-25)16(23(27)34-6)18(25)24(28)35-7/h8-10,16,18-19H,1-7H3/t16?,18?,19-,25+/m1/s1. The number of esters is 2. The first-order valence-corrected chi connectivity index (χ1v) is 11.7. The summed E-state index contributed by atoms with van der Waals surface area (Å²) >= 11 is 3.53. The molecule has 0 spiro atoms. The van der Waals surface area contributed by atoms with E-state index in [9.17, 15) is 9.59 Å². The molecule has 194 valence electrons. The SMILES string of the molecule is COC(=O)C1C(C(=O)OC)[C@@]2(c3cc(Br)c(OC)c(OC)c3)O[C@@H]1c1cc(OC)c(OC)c(OC)c12. The van der Waals surface area contributed by atoms with Crippen molar-refractivity contribution < 1.29 is 47.5 Å². The Hall–Kier alpha value is -3.18. The quantitative estimate of drug-likeness (QED) is 0.441. The highest BCUT2D eigenvalue weighted by Crippen LogP contribution is 2.68. The van der Waals surface area contributed by atoms with Crippen molar-refractivity contribution in [1.29, 1.82) is 0 Å². The Balaban J connectivity index is 2.16. The molecule has 0 saturated carbocycles. The molecule has 1 saturated heterocycles. The number of fused-ring (bicyclic) bond motifs is 5. The van der Waals surface area contributed by atoms with E-state index in [-0.39, 0.29) is 0 Å². The van der Waals surface area contributed by atoms with Crippen LogP contribution in [0.4, 0.5) is 0 Å². The maximum Gasteiger partial charge on any atom is 0.313 e. The van der Waals surface area contributed by atoms with Crippen molar-refractivity contribution in [2.24, 2.45) is 11.8 Å². The molecule has 0 aromatic heterocycles. The first-order chi connectivity index (χ1) is 17.3. The largest absolute Gasteiger partial charge is 0.493 e. The number of carbonyl (C=O) groups is 2. The average Bonchev–Trinajstić information content (AvgIpc) is 3.43. The first kappa shape index (κ1) is 25.9. The highest BCUT2D eigenvalue weighted by molar-refractivity contribution is 9.10. The van der Waals surface area contributed by atoms with Crippen molar-refractivity contribution in [3.8, 4) is 28.7 Å². The summed E-state index contributed by atoms with van der Waals surface area (Å²) in [6.07, 6.45) is -0.864. The molecule has 0 N–H and O–H groups in total. The van der Waals surface area contributed by atoms with Gasteiger partial charge in [-0.3, -0.25) is 9.59 Å². The Morgan fingerprint density at radius 3 is 1.89 bits per heavy atom. The van der Waals surface area contributed by atoms with Crippen LogP contribution in [-0.4, -0.2) is 61.7 Å². The molecule has 2 aromatic carbocycles. The molecule has 4 rings (SSSR count). The minimum Gasteiger partial charge on any atom is -0.493 e. The number of hydrogen-bond acceptors (Lipinski definition) is 10. The first-order valence-electron chi connectivity index (χ1n) is 10.9. The van der Waals surface area contributed by atoms with Crippen LogP contribution in [0.1, 0.15) is 22.8 Å². The smallest absolute Gasteiger partial charge is 0.313 e. The predicted molar refractivity (Wildman–Crippen MR) is 129 cm³/mol. The fourth-order valence-corrected chi connectivity index (χ4v) is 5.99. The molecule has 0 amide bonds. The van der Waals surface area contributed by atoms with Gasteiger partial charge in [-0.1, -0.05) is 0 Å². The van der Waals surface area contributed by atoms with Gasteiger partial charge >= 0.3 is 11.9 Å². The number of ether oxygens (including phenoxy) is 8. The van der Waals surface area contributed by atoms with Crippen LogP contribution >= 0.6 is 15.9 Å². The molecule has 0 radical (unpaired) electrons. The van der Waals surface area contributed by atoms with Gasteiger partial charge < -0.3 is 37.9 Å². The Morgan fingerprint density at radius 2 is 1.36 bits per heavy atom. The summed E-state index contributed by atoms with van der Waals surface area (Å²) in [6.45, 7) is 0. The summed E-state index contributed by atoms with van der Waals surface area (Å²) in [6, 6.07) is 5.17. The molecule has 11 heteroatoms. The van der Waals surface area contributed by atoms with Crippen molar-refractivity contribution in [3.63, 3.8) is 0 Å². The lowest BCUT2D eigenvalue weighted by Gasteiger charge is -2.37. The lowest BCUT2D eigenvalue weighted by molar-refractivity contribution is -0.158. The highest BCUT2D eigenvalue weighted by Gasteiger charge is 2.70. The Morgan fingerprint density at radius 1 is 0.778 bits per heavy atom. The predicted octanol–water partition coefficient (Wildman–Crippen LogP) is 3.40. The van der Waals surface area contributed by atoms with Gasteiger partial charge in [0, 0.05) is 5.56 Å². The normalized spacial score (nSPS) is 23.5. The second-order valence-electron chi connectivity index (χ2n) is 8.13. The maximum absolute atomic E-state index is 13.4. The van der Waals surface area contributed by atoms with E-state index in [1.807, 2.05) is 0 Å². The third-order valence-corrected chi connectivity index (χ3v) is 7.35. The van der Waals surface area contributed by atoms with E-state index in [1.54, 1.807) is 18.2 Å². The molecule has 10 nitrogen and oxygen atoms in total. The molecule has 2 unspecified atom stereocenters. The number of carbonyl (C=O) groups excluding carboxylic acids is 2. The number of halogens is 1. The van der Waals surface area contributed by atoms with Gasteiger partial charge in [-0.25, -0.2) is 0 Å². The van der Waals surface area contributed by atoms with Crippen LogP contribution in [-0.2, 0) is 29.4 Å². The van der Waals surface area contributed by atoms with Crippen molar-refractivity contribution in [3.05, 3.63) is 39.4 Å². The summed E-state index contributed by atoms with van der Waals surface area (Å²) in [5, 5.41) is 0. The van der Waals surface area contributed by atoms with Crippen LogP contribution in [0.3, 0.4) is 0 Å². The highest BCUT2D eigenvalue weighted by atomic mass is 79.9. The minimum atomic E-state index is -1.53. The zero-order valence-corrected chi connectivity index (χ0v) is 22.5. The zero-order valence-electron chi connectivity index (χ0n) is 20.9. The number of methoxy groups -OCH3 is 7. The van der Waals surface area contributed by atoms with Gasteiger partial charge in [0.15, 0.2) is 23.0 Å². The molecular formula is C25H27BrO10. The molecule has 2 aliphatic rings. The summed E-state index contributed by atoms with van der Waals surface area (Å²) in [4.78, 5) is 26.5. The summed E-state index contributed by atoms with van der Waals surface area (Å²) in [5.41, 5.74) is 0.0928. The second-order valence-corrected chi connectivity index (χ2v) is 8.98. The lowest BCUT2D eigenvalue weighted by Crippen LogP contribution is -2.45. The van der Waals surface area contributed by atoms with E-state index in [1.165, 1.54) is 49.8 Å². The number of rotatable bonds is 8. The van der Waals surface area contributed by atoms with E-state index < -0.39 is 35.5 Å². The molecule has 2 bridgehead atoms. The van der Waals surface area contributed by atoms with Crippen LogP contribution in [0.5, 0.6) is 28.7 Å². The van der Waals surface area contributed by atoms with Gasteiger partial charge in [0.25, 0.3) is 0 Å². The van der Waals surface area contributed by atoms with Crippen molar-refractivity contribution in [1.82, 2.24) is 0 Å². The van der Waals surface area contributed by atoms with E-state index in [4.69, 9.17) is 37.9 Å².